The number of rotatable bonds is 3. The van der Waals surface area contributed by atoms with Crippen LogP contribution in [0.3, 0.4) is 0 Å². The molecule has 108 valence electrons. The van der Waals surface area contributed by atoms with Gasteiger partial charge in [0.05, 0.1) is 11.2 Å². The maximum Gasteiger partial charge on any atom is 0.263 e. The zero-order chi connectivity index (χ0) is 15.0. The average molecular weight is 309 g/mol. The van der Waals surface area contributed by atoms with Crippen molar-refractivity contribution in [2.75, 3.05) is 5.32 Å². The molecular formula is C14H11ClF2N4. The van der Waals surface area contributed by atoms with Gasteiger partial charge >= 0.3 is 0 Å². The lowest BCUT2D eigenvalue weighted by Gasteiger charge is -2.08. The standard InChI is InChI=1S/C14H11ClF2N4/c1-7-19-12(15)14(20-7)21-10-4-5-18-11-6-8(13(16)17)2-3-9(10)11/h2-6,13H,1H3,(H,18,21)(H,19,20). The molecule has 0 aliphatic rings. The van der Waals surface area contributed by atoms with Gasteiger partial charge in [0.1, 0.15) is 5.82 Å². The number of aromatic amines is 1. The van der Waals surface area contributed by atoms with Crippen molar-refractivity contribution in [1.82, 2.24) is 15.0 Å². The first-order valence-corrected chi connectivity index (χ1v) is 6.58. The number of aromatic nitrogens is 3. The Morgan fingerprint density at radius 2 is 2.10 bits per heavy atom. The molecule has 0 amide bonds. The third kappa shape index (κ3) is 2.67. The zero-order valence-electron chi connectivity index (χ0n) is 11.0. The van der Waals surface area contributed by atoms with E-state index in [1.165, 1.54) is 12.1 Å². The number of H-pyrrole nitrogens is 1. The molecular weight excluding hydrogens is 298 g/mol. The van der Waals surface area contributed by atoms with Crippen molar-refractivity contribution in [3.05, 3.63) is 47.0 Å². The van der Waals surface area contributed by atoms with Crippen molar-refractivity contribution in [2.24, 2.45) is 0 Å². The number of halogens is 3. The van der Waals surface area contributed by atoms with Crippen LogP contribution < -0.4 is 5.32 Å². The van der Waals surface area contributed by atoms with Gasteiger partial charge in [-0.3, -0.25) is 4.98 Å². The Bertz CT molecular complexity index is 801. The zero-order valence-corrected chi connectivity index (χ0v) is 11.7. The van der Waals surface area contributed by atoms with Crippen LogP contribution >= 0.6 is 11.6 Å². The minimum absolute atomic E-state index is 0.0548. The molecule has 0 radical (unpaired) electrons. The van der Waals surface area contributed by atoms with Crippen LogP contribution in [0.15, 0.2) is 30.5 Å². The molecule has 3 aromatic rings. The van der Waals surface area contributed by atoms with Gasteiger partial charge in [-0.1, -0.05) is 23.7 Å². The van der Waals surface area contributed by atoms with E-state index in [1.54, 1.807) is 25.3 Å². The SMILES string of the molecule is Cc1nc(Nc2ccnc3cc(C(F)F)ccc23)c(Cl)[nH]1. The van der Waals surface area contributed by atoms with Gasteiger partial charge in [0.15, 0.2) is 11.0 Å². The van der Waals surface area contributed by atoms with E-state index in [0.29, 0.717) is 28.0 Å². The third-order valence-corrected chi connectivity index (χ3v) is 3.32. The first-order valence-electron chi connectivity index (χ1n) is 6.20. The molecule has 0 saturated heterocycles. The minimum atomic E-state index is -2.52. The number of nitrogens with one attached hydrogen (secondary N) is 2. The molecule has 0 aliphatic carbocycles. The van der Waals surface area contributed by atoms with Crippen LogP contribution in [0.25, 0.3) is 10.9 Å². The van der Waals surface area contributed by atoms with Crippen LogP contribution in [-0.2, 0) is 0 Å². The molecule has 0 fully saturated rings. The number of imidazole rings is 1. The molecule has 0 saturated carbocycles. The van der Waals surface area contributed by atoms with Gasteiger partial charge in [0.2, 0.25) is 0 Å². The Morgan fingerprint density at radius 3 is 2.76 bits per heavy atom. The summed E-state index contributed by atoms with van der Waals surface area (Å²) >= 11 is 6.02. The Kier molecular flexibility index (Phi) is 3.47. The summed E-state index contributed by atoms with van der Waals surface area (Å²) in [6.07, 6.45) is -0.968. The fourth-order valence-electron chi connectivity index (χ4n) is 2.08. The van der Waals surface area contributed by atoms with Gasteiger partial charge in [-0.05, 0) is 19.1 Å². The molecule has 3 rings (SSSR count). The fourth-order valence-corrected chi connectivity index (χ4v) is 2.31. The minimum Gasteiger partial charge on any atom is -0.337 e. The van der Waals surface area contributed by atoms with E-state index in [4.69, 9.17) is 11.6 Å². The maximum atomic E-state index is 12.7. The maximum absolute atomic E-state index is 12.7. The van der Waals surface area contributed by atoms with Crippen molar-refractivity contribution in [2.45, 2.75) is 13.3 Å². The largest absolute Gasteiger partial charge is 0.337 e. The quantitative estimate of drug-likeness (QED) is 0.743. The smallest absolute Gasteiger partial charge is 0.263 e. The fraction of sp³-hybridized carbons (Fsp3) is 0.143. The van der Waals surface area contributed by atoms with Gasteiger partial charge in [0.25, 0.3) is 6.43 Å². The number of hydrogen-bond donors (Lipinski definition) is 2. The highest BCUT2D eigenvalue weighted by Crippen LogP contribution is 2.30. The highest BCUT2D eigenvalue weighted by atomic mass is 35.5. The number of fused-ring (bicyclic) bond motifs is 1. The molecule has 1 aromatic carbocycles. The summed E-state index contributed by atoms with van der Waals surface area (Å²) in [4.78, 5) is 11.2. The topological polar surface area (TPSA) is 53.6 Å². The number of alkyl halides is 2. The average Bonchev–Trinajstić information content (AvgIpc) is 2.76. The second-order valence-corrected chi connectivity index (χ2v) is 4.92. The molecule has 4 nitrogen and oxygen atoms in total. The Labute approximate surface area is 124 Å². The summed E-state index contributed by atoms with van der Waals surface area (Å²) in [6.45, 7) is 1.79. The Morgan fingerprint density at radius 1 is 1.29 bits per heavy atom. The predicted molar refractivity (Wildman–Crippen MR) is 78.3 cm³/mol. The van der Waals surface area contributed by atoms with Crippen molar-refractivity contribution in [3.63, 3.8) is 0 Å². The highest BCUT2D eigenvalue weighted by molar-refractivity contribution is 6.32. The van der Waals surface area contributed by atoms with E-state index < -0.39 is 6.43 Å². The number of anilines is 2. The number of aryl methyl sites for hydroxylation is 1. The van der Waals surface area contributed by atoms with Crippen LogP contribution in [0.4, 0.5) is 20.3 Å². The summed E-state index contributed by atoms with van der Waals surface area (Å²) in [6, 6.07) is 6.12. The summed E-state index contributed by atoms with van der Waals surface area (Å²) < 4.78 is 25.4. The summed E-state index contributed by atoms with van der Waals surface area (Å²) in [5, 5.41) is 4.19. The number of nitrogens with zero attached hydrogens (tertiary/aromatic N) is 2. The molecule has 0 unspecified atom stereocenters. The van der Waals surface area contributed by atoms with E-state index in [2.05, 4.69) is 20.3 Å². The number of pyridine rings is 1. The molecule has 2 aromatic heterocycles. The molecule has 21 heavy (non-hydrogen) atoms. The van der Waals surface area contributed by atoms with Gasteiger partial charge in [0, 0.05) is 17.1 Å². The van der Waals surface area contributed by atoms with Crippen molar-refractivity contribution < 1.29 is 8.78 Å². The van der Waals surface area contributed by atoms with Gasteiger partial charge in [-0.25, -0.2) is 13.8 Å². The van der Waals surface area contributed by atoms with Gasteiger partial charge in [-0.2, -0.15) is 0 Å². The summed E-state index contributed by atoms with van der Waals surface area (Å²) in [5.41, 5.74) is 1.14. The second kappa shape index (κ2) is 5.29. The number of benzene rings is 1. The van der Waals surface area contributed by atoms with E-state index in [1.807, 2.05) is 0 Å². The third-order valence-electron chi connectivity index (χ3n) is 3.05. The van der Waals surface area contributed by atoms with Crippen LogP contribution in [0.1, 0.15) is 17.8 Å². The van der Waals surface area contributed by atoms with E-state index >= 15 is 0 Å². The first kappa shape index (κ1) is 13.8. The Balaban J connectivity index is 2.05. The van der Waals surface area contributed by atoms with Crippen molar-refractivity contribution >= 4 is 34.0 Å². The lowest BCUT2D eigenvalue weighted by Crippen LogP contribution is -1.94. The van der Waals surface area contributed by atoms with E-state index in [9.17, 15) is 8.78 Å². The van der Waals surface area contributed by atoms with Crippen LogP contribution in [-0.4, -0.2) is 15.0 Å². The highest BCUT2D eigenvalue weighted by Gasteiger charge is 2.11. The lowest BCUT2D eigenvalue weighted by atomic mass is 10.1. The molecule has 0 aliphatic heterocycles. The molecule has 0 spiro atoms. The first-order chi connectivity index (χ1) is 10.0. The van der Waals surface area contributed by atoms with E-state index in [0.717, 1.165) is 5.39 Å². The summed E-state index contributed by atoms with van der Waals surface area (Å²) in [5.74, 6) is 1.17. The number of hydrogen-bond acceptors (Lipinski definition) is 3. The van der Waals surface area contributed by atoms with Crippen LogP contribution in [0.5, 0.6) is 0 Å². The lowest BCUT2D eigenvalue weighted by molar-refractivity contribution is 0.151. The van der Waals surface area contributed by atoms with Crippen LogP contribution in [0.2, 0.25) is 5.15 Å². The molecule has 0 atom stereocenters. The van der Waals surface area contributed by atoms with Gasteiger partial charge < -0.3 is 10.3 Å². The molecule has 7 heteroatoms. The predicted octanol–water partition coefficient (Wildman–Crippen LogP) is 4.60. The Hall–Kier alpha value is -2.21. The molecule has 2 N–H and O–H groups in total. The molecule has 0 bridgehead atoms. The van der Waals surface area contributed by atoms with Gasteiger partial charge in [-0.15, -0.1) is 0 Å². The van der Waals surface area contributed by atoms with Crippen molar-refractivity contribution in [3.8, 4) is 0 Å². The van der Waals surface area contributed by atoms with Crippen LogP contribution in [0, 0.1) is 6.92 Å². The molecule has 2 heterocycles. The van der Waals surface area contributed by atoms with Crippen molar-refractivity contribution in [1.29, 1.82) is 0 Å². The van der Waals surface area contributed by atoms with E-state index in [-0.39, 0.29) is 5.56 Å². The normalized spacial score (nSPS) is 11.3. The monoisotopic (exact) mass is 308 g/mol. The summed E-state index contributed by atoms with van der Waals surface area (Å²) in [7, 11) is 0. The second-order valence-electron chi connectivity index (χ2n) is 4.55.